The molecule has 0 saturated heterocycles. The molecule has 198 valence electrons. The summed E-state index contributed by atoms with van der Waals surface area (Å²) in [6, 6.07) is 27.5. The molecule has 0 fully saturated rings. The molecule has 0 atom stereocenters. The summed E-state index contributed by atoms with van der Waals surface area (Å²) in [5.41, 5.74) is 3.47. The smallest absolute Gasteiger partial charge is 0.207 e. The molecule has 0 aliphatic carbocycles. The summed E-state index contributed by atoms with van der Waals surface area (Å²) >= 11 is 0. The van der Waals surface area contributed by atoms with Crippen molar-refractivity contribution in [2.75, 3.05) is 0 Å². The van der Waals surface area contributed by atoms with Crippen LogP contribution in [-0.2, 0) is 6.42 Å². The Morgan fingerprint density at radius 3 is 1.52 bits per heavy atom. The molecule has 1 heterocycles. The van der Waals surface area contributed by atoms with Gasteiger partial charge in [0.15, 0.2) is 0 Å². The van der Waals surface area contributed by atoms with E-state index in [1.807, 2.05) is 0 Å². The molecule has 1 aromatic heterocycles. The molecule has 8 aromatic rings. The summed E-state index contributed by atoms with van der Waals surface area (Å²) in [6.07, 6.45) is 14.9. The fraction of sp³-hybridized carbons (Fsp3) is 0.308. The van der Waals surface area contributed by atoms with Crippen molar-refractivity contribution in [2.24, 2.45) is 0 Å². The Hall–Kier alpha value is -3.71. The average Bonchev–Trinajstić information content (AvgIpc) is 2.99. The van der Waals surface area contributed by atoms with Crippen molar-refractivity contribution in [3.63, 3.8) is 0 Å². The zero-order valence-corrected chi connectivity index (χ0v) is 23.6. The zero-order chi connectivity index (χ0) is 26.6. The van der Waals surface area contributed by atoms with Gasteiger partial charge in [-0.25, -0.2) is 4.42 Å². The maximum Gasteiger partial charge on any atom is 0.362 e. The van der Waals surface area contributed by atoms with E-state index in [-0.39, 0.29) is 0 Å². The van der Waals surface area contributed by atoms with Gasteiger partial charge in [-0.2, -0.15) is 0 Å². The molecule has 8 rings (SSSR count). The summed E-state index contributed by atoms with van der Waals surface area (Å²) in [5.74, 6) is 0. The van der Waals surface area contributed by atoms with Crippen molar-refractivity contribution in [1.29, 1.82) is 0 Å². The van der Waals surface area contributed by atoms with Crippen LogP contribution in [-0.4, -0.2) is 0 Å². The minimum absolute atomic E-state index is 0.993. The Bertz CT molecular complexity index is 1970. The quantitative estimate of drug-likeness (QED) is 0.0713. The zero-order valence-electron chi connectivity index (χ0n) is 23.6. The van der Waals surface area contributed by atoms with Crippen LogP contribution in [0.5, 0.6) is 0 Å². The second kappa shape index (κ2) is 9.73. The maximum atomic E-state index is 6.61. The van der Waals surface area contributed by atoms with Crippen molar-refractivity contribution in [2.45, 2.75) is 77.6 Å². The average molecular weight is 522 g/mol. The molecule has 0 N–H and O–H groups in total. The predicted octanol–water partition coefficient (Wildman–Crippen LogP) is 12.4. The van der Waals surface area contributed by atoms with Gasteiger partial charge in [0.05, 0.1) is 10.8 Å². The first-order valence-corrected chi connectivity index (χ1v) is 15.7. The summed E-state index contributed by atoms with van der Waals surface area (Å²) in [6.45, 7) is 2.30. The summed E-state index contributed by atoms with van der Waals surface area (Å²) < 4.78 is 6.61. The first kappa shape index (κ1) is 24.1. The molecule has 0 aliphatic heterocycles. The third kappa shape index (κ3) is 3.63. The summed E-state index contributed by atoms with van der Waals surface area (Å²) in [7, 11) is 0. The van der Waals surface area contributed by atoms with Crippen molar-refractivity contribution < 1.29 is 4.42 Å². The van der Waals surface area contributed by atoms with Crippen LogP contribution in [0, 0.1) is 0 Å². The van der Waals surface area contributed by atoms with Crippen molar-refractivity contribution >= 4 is 75.8 Å². The van der Waals surface area contributed by atoms with E-state index in [1.165, 1.54) is 134 Å². The molecule has 0 saturated carbocycles. The molecule has 0 unspecified atom stereocenters. The molecule has 7 aromatic carbocycles. The molecular weight excluding hydrogens is 484 g/mol. The number of benzene rings is 7. The Morgan fingerprint density at radius 1 is 0.450 bits per heavy atom. The van der Waals surface area contributed by atoms with Gasteiger partial charge in [0.2, 0.25) is 0 Å². The topological polar surface area (TPSA) is 11.3 Å². The van der Waals surface area contributed by atoms with E-state index >= 15 is 0 Å². The highest BCUT2D eigenvalue weighted by molar-refractivity contribution is 6.46. The lowest BCUT2D eigenvalue weighted by Gasteiger charge is -2.19. The second-order valence-electron chi connectivity index (χ2n) is 12.2. The SMILES string of the molecule is CCCCCCCCCCCCc1cc2c3cccc4ccc5[o+]c6ccc7cccc8c(c1)c2c(c5c43)c6c78. The summed E-state index contributed by atoms with van der Waals surface area (Å²) in [5, 5.41) is 16.2. The summed E-state index contributed by atoms with van der Waals surface area (Å²) in [4.78, 5) is 0. The van der Waals surface area contributed by atoms with Gasteiger partial charge < -0.3 is 0 Å². The lowest BCUT2D eigenvalue weighted by Crippen LogP contribution is -1.95. The molecule has 0 bridgehead atoms. The normalized spacial score (nSPS) is 12.7. The molecule has 0 radical (unpaired) electrons. The van der Waals surface area contributed by atoms with Gasteiger partial charge in [-0.1, -0.05) is 113 Å². The Kier molecular flexibility index (Phi) is 5.87. The minimum atomic E-state index is 0.993. The van der Waals surface area contributed by atoms with E-state index < -0.39 is 0 Å². The molecule has 0 aliphatic rings. The van der Waals surface area contributed by atoms with Gasteiger partial charge in [-0.05, 0) is 68.2 Å². The highest BCUT2D eigenvalue weighted by Crippen LogP contribution is 2.50. The van der Waals surface area contributed by atoms with Gasteiger partial charge in [-0.3, -0.25) is 0 Å². The molecule has 1 heteroatoms. The number of hydrogen-bond donors (Lipinski definition) is 0. The van der Waals surface area contributed by atoms with Crippen LogP contribution in [0.3, 0.4) is 0 Å². The Morgan fingerprint density at radius 2 is 0.975 bits per heavy atom. The third-order valence-corrected chi connectivity index (χ3v) is 9.58. The monoisotopic (exact) mass is 521 g/mol. The van der Waals surface area contributed by atoms with E-state index in [9.17, 15) is 0 Å². The minimum Gasteiger partial charge on any atom is -0.207 e. The van der Waals surface area contributed by atoms with Crippen LogP contribution in [0.25, 0.3) is 75.8 Å². The van der Waals surface area contributed by atoms with E-state index in [0.717, 1.165) is 17.6 Å². The highest BCUT2D eigenvalue weighted by Gasteiger charge is 2.28. The predicted molar refractivity (Wildman–Crippen MR) is 175 cm³/mol. The molecule has 40 heavy (non-hydrogen) atoms. The number of hydrogen-bond acceptors (Lipinski definition) is 0. The Balaban J connectivity index is 1.24. The van der Waals surface area contributed by atoms with Crippen molar-refractivity contribution in [3.05, 3.63) is 78.4 Å². The molecular formula is C39H37O+. The van der Waals surface area contributed by atoms with Crippen LogP contribution in [0.1, 0.15) is 76.7 Å². The number of aryl methyl sites for hydroxylation is 1. The number of rotatable bonds is 11. The molecule has 0 spiro atoms. The lowest BCUT2D eigenvalue weighted by molar-refractivity contribution is 0.556. The van der Waals surface area contributed by atoms with Gasteiger partial charge >= 0.3 is 11.2 Å². The first-order valence-electron chi connectivity index (χ1n) is 15.7. The van der Waals surface area contributed by atoms with E-state index in [0.29, 0.717) is 0 Å². The van der Waals surface area contributed by atoms with Gasteiger partial charge in [-0.15, -0.1) is 0 Å². The van der Waals surface area contributed by atoms with Gasteiger partial charge in [0.25, 0.3) is 0 Å². The number of fused-ring (bicyclic) bond motifs is 2. The maximum absolute atomic E-state index is 6.61. The Labute approximate surface area is 235 Å². The van der Waals surface area contributed by atoms with Crippen LogP contribution < -0.4 is 0 Å². The molecule has 0 amide bonds. The van der Waals surface area contributed by atoms with Crippen LogP contribution in [0.15, 0.2) is 77.2 Å². The largest absolute Gasteiger partial charge is 0.362 e. The van der Waals surface area contributed by atoms with Crippen LogP contribution >= 0.6 is 0 Å². The third-order valence-electron chi connectivity index (χ3n) is 9.58. The first-order chi connectivity index (χ1) is 19.8. The molecule has 1 nitrogen and oxygen atoms in total. The van der Waals surface area contributed by atoms with E-state index in [4.69, 9.17) is 4.42 Å². The van der Waals surface area contributed by atoms with Crippen molar-refractivity contribution in [1.82, 2.24) is 0 Å². The van der Waals surface area contributed by atoms with Gasteiger partial charge in [0, 0.05) is 28.3 Å². The van der Waals surface area contributed by atoms with Gasteiger partial charge in [0.1, 0.15) is 0 Å². The van der Waals surface area contributed by atoms with E-state index in [2.05, 4.69) is 79.7 Å². The van der Waals surface area contributed by atoms with Crippen LogP contribution in [0.2, 0.25) is 0 Å². The highest BCUT2D eigenvalue weighted by atomic mass is 16.3. The standard InChI is InChI=1S/C39H37O/c1-2-3-4-5-6-7-8-9-10-11-14-25-23-30-28-17-12-15-26-19-21-32-37(34(26)28)39-36(30)31(24-25)29-18-13-16-27-20-22-33(40-32)38(39)35(27)29/h12-13,15-24H,2-11,14H2,1H3/q+1. The van der Waals surface area contributed by atoms with Crippen molar-refractivity contribution in [3.8, 4) is 0 Å². The fourth-order valence-corrected chi connectivity index (χ4v) is 7.69. The van der Waals surface area contributed by atoms with E-state index in [1.54, 1.807) is 0 Å². The fourth-order valence-electron chi connectivity index (χ4n) is 7.69. The second-order valence-corrected chi connectivity index (χ2v) is 12.2. The lowest BCUT2D eigenvalue weighted by atomic mass is 9.82. The van der Waals surface area contributed by atoms with Crippen LogP contribution in [0.4, 0.5) is 0 Å². The number of unbranched alkanes of at least 4 members (excludes halogenated alkanes) is 9.